The van der Waals surface area contributed by atoms with Crippen LogP contribution in [0.5, 0.6) is 0 Å². The number of carbonyl (C=O) groups is 1. The van der Waals surface area contributed by atoms with Gasteiger partial charge in [0.2, 0.25) is 5.76 Å². The monoisotopic (exact) mass is 330 g/mol. The second-order valence-corrected chi connectivity index (χ2v) is 5.49. The van der Waals surface area contributed by atoms with Crippen molar-refractivity contribution in [1.29, 1.82) is 0 Å². The van der Waals surface area contributed by atoms with E-state index >= 15 is 0 Å². The first-order valence-electron chi connectivity index (χ1n) is 6.73. The third-order valence-electron chi connectivity index (χ3n) is 3.10. The smallest absolute Gasteiger partial charge is 0.322 e. The van der Waals surface area contributed by atoms with Gasteiger partial charge in [-0.1, -0.05) is 5.10 Å². The molecule has 1 aliphatic heterocycles. The van der Waals surface area contributed by atoms with Gasteiger partial charge in [-0.25, -0.2) is 4.98 Å². The summed E-state index contributed by atoms with van der Waals surface area (Å²) < 4.78 is 16.7. The van der Waals surface area contributed by atoms with Crippen LogP contribution in [0.15, 0.2) is 34.4 Å². The zero-order valence-electron chi connectivity index (χ0n) is 11.7. The predicted molar refractivity (Wildman–Crippen MR) is 81.8 cm³/mol. The van der Waals surface area contributed by atoms with E-state index in [0.717, 1.165) is 10.2 Å². The maximum Gasteiger partial charge on any atom is 0.322 e. The highest BCUT2D eigenvalue weighted by atomic mass is 32.1. The summed E-state index contributed by atoms with van der Waals surface area (Å²) in [4.78, 5) is 16.4. The van der Waals surface area contributed by atoms with Gasteiger partial charge in [0, 0.05) is 5.56 Å². The van der Waals surface area contributed by atoms with E-state index in [1.165, 1.54) is 17.6 Å². The Kier molecular flexibility index (Phi) is 3.39. The van der Waals surface area contributed by atoms with E-state index in [1.54, 1.807) is 23.7 Å². The van der Waals surface area contributed by atoms with Crippen molar-refractivity contribution in [1.82, 2.24) is 15.2 Å². The van der Waals surface area contributed by atoms with Gasteiger partial charge in [0.05, 0.1) is 15.7 Å². The molecule has 0 radical (unpaired) electrons. The molecule has 0 saturated carbocycles. The number of rotatable bonds is 3. The average molecular weight is 330 g/mol. The van der Waals surface area contributed by atoms with Gasteiger partial charge in [-0.2, -0.15) is 0 Å². The number of fused-ring (bicyclic) bond motifs is 1. The van der Waals surface area contributed by atoms with Crippen LogP contribution in [-0.2, 0) is 9.47 Å². The van der Waals surface area contributed by atoms with Crippen LogP contribution in [0.25, 0.3) is 16.0 Å². The highest BCUT2D eigenvalue weighted by molar-refractivity contribution is 7.16. The molecular formula is C14H10N4O4S. The summed E-state index contributed by atoms with van der Waals surface area (Å²) in [6.45, 7) is 0.881. The summed E-state index contributed by atoms with van der Waals surface area (Å²) in [7, 11) is 0. The number of ether oxygens (including phenoxy) is 2. The average Bonchev–Trinajstić information content (AvgIpc) is 3.24. The molecule has 8 nitrogen and oxygen atoms in total. The van der Waals surface area contributed by atoms with Gasteiger partial charge in [-0.15, -0.1) is 16.4 Å². The fourth-order valence-corrected chi connectivity index (χ4v) is 2.74. The van der Waals surface area contributed by atoms with Gasteiger partial charge in [-0.3, -0.25) is 10.1 Å². The fraction of sp³-hybridized carbons (Fsp3) is 0.143. The van der Waals surface area contributed by atoms with E-state index in [2.05, 4.69) is 20.5 Å². The summed E-state index contributed by atoms with van der Waals surface area (Å²) in [6, 6.07) is 5.23. The molecule has 3 heterocycles. The molecule has 0 atom stereocenters. The maximum absolute atomic E-state index is 12.2. The van der Waals surface area contributed by atoms with E-state index in [0.29, 0.717) is 24.5 Å². The number of hydrogen-bond donors (Lipinski definition) is 1. The summed E-state index contributed by atoms with van der Waals surface area (Å²) in [5.74, 6) is 0.151. The summed E-state index contributed by atoms with van der Waals surface area (Å²) >= 11 is 1.47. The van der Waals surface area contributed by atoms with Crippen molar-refractivity contribution in [3.8, 4) is 0 Å². The molecule has 2 aromatic heterocycles. The van der Waals surface area contributed by atoms with Crippen LogP contribution in [0, 0.1) is 0 Å². The first-order chi connectivity index (χ1) is 11.3. The normalized spacial score (nSPS) is 14.0. The minimum atomic E-state index is -0.342. The Labute approximate surface area is 133 Å². The standard InChI is InChI=1S/C14H10N4O4S/c19-12(8-1-2-9-11(5-8)23-7-15-9)16-14-18-17-13(22-14)10-6-20-3-4-21-10/h1-2,5-7H,3-4H2,(H,16,18,19). The number of nitrogens with one attached hydrogen (secondary N) is 1. The molecule has 3 aromatic rings. The largest absolute Gasteiger partial charge is 0.494 e. The quantitative estimate of drug-likeness (QED) is 0.786. The molecule has 0 fully saturated rings. The van der Waals surface area contributed by atoms with Crippen LogP contribution in [0.1, 0.15) is 16.2 Å². The van der Waals surface area contributed by atoms with Gasteiger partial charge in [0.1, 0.15) is 19.5 Å². The molecule has 4 rings (SSSR count). The topological polar surface area (TPSA) is 99.4 Å². The molecule has 0 spiro atoms. The van der Waals surface area contributed by atoms with Gasteiger partial charge in [-0.05, 0) is 18.2 Å². The molecule has 116 valence electrons. The molecule has 23 heavy (non-hydrogen) atoms. The zero-order chi connectivity index (χ0) is 15.6. The van der Waals surface area contributed by atoms with Crippen LogP contribution >= 0.6 is 11.3 Å². The second kappa shape index (κ2) is 5.69. The number of benzene rings is 1. The Balaban J connectivity index is 1.52. The first kappa shape index (κ1) is 13.7. The van der Waals surface area contributed by atoms with E-state index in [-0.39, 0.29) is 17.8 Å². The SMILES string of the molecule is O=C(Nc1nnc(C2=COCCO2)o1)c1ccc2ncsc2c1. The second-order valence-electron chi connectivity index (χ2n) is 4.60. The molecule has 1 aromatic carbocycles. The van der Waals surface area contributed by atoms with Crippen LogP contribution in [-0.4, -0.2) is 34.3 Å². The lowest BCUT2D eigenvalue weighted by molar-refractivity contribution is 0.102. The Morgan fingerprint density at radius 3 is 3.09 bits per heavy atom. The predicted octanol–water partition coefficient (Wildman–Crippen LogP) is 2.28. The summed E-state index contributed by atoms with van der Waals surface area (Å²) in [6.07, 6.45) is 1.40. The third-order valence-corrected chi connectivity index (χ3v) is 3.89. The minimum Gasteiger partial charge on any atom is -0.494 e. The molecule has 1 N–H and O–H groups in total. The van der Waals surface area contributed by atoms with Gasteiger partial charge >= 0.3 is 6.01 Å². The van der Waals surface area contributed by atoms with Crippen molar-refractivity contribution in [2.24, 2.45) is 0 Å². The van der Waals surface area contributed by atoms with Gasteiger partial charge in [0.25, 0.3) is 11.8 Å². The van der Waals surface area contributed by atoms with Crippen molar-refractivity contribution >= 4 is 39.2 Å². The lowest BCUT2D eigenvalue weighted by atomic mass is 10.2. The van der Waals surface area contributed by atoms with Gasteiger partial charge < -0.3 is 13.9 Å². The number of anilines is 1. The fourth-order valence-electron chi connectivity index (χ4n) is 2.02. The Bertz CT molecular complexity index is 901. The Morgan fingerprint density at radius 1 is 1.26 bits per heavy atom. The van der Waals surface area contributed by atoms with Crippen molar-refractivity contribution in [2.75, 3.05) is 18.5 Å². The molecule has 9 heteroatoms. The maximum atomic E-state index is 12.2. The lowest BCUT2D eigenvalue weighted by Gasteiger charge is -2.11. The van der Waals surface area contributed by atoms with Gasteiger partial charge in [0.15, 0.2) is 0 Å². The minimum absolute atomic E-state index is 0.00975. The molecule has 0 aliphatic carbocycles. The first-order valence-corrected chi connectivity index (χ1v) is 7.60. The number of hydrogen-bond acceptors (Lipinski definition) is 8. The highest BCUT2D eigenvalue weighted by Gasteiger charge is 2.17. The summed E-state index contributed by atoms with van der Waals surface area (Å²) in [5.41, 5.74) is 3.07. The van der Waals surface area contributed by atoms with E-state index in [9.17, 15) is 4.79 Å². The van der Waals surface area contributed by atoms with E-state index in [1.807, 2.05) is 0 Å². The van der Waals surface area contributed by atoms with Crippen LogP contribution in [0.2, 0.25) is 0 Å². The van der Waals surface area contributed by atoms with Crippen LogP contribution in [0.3, 0.4) is 0 Å². The number of aromatic nitrogens is 3. The highest BCUT2D eigenvalue weighted by Crippen LogP contribution is 2.21. The number of thiazole rings is 1. The van der Waals surface area contributed by atoms with Crippen LogP contribution in [0.4, 0.5) is 6.01 Å². The Hall–Kier alpha value is -2.94. The van der Waals surface area contributed by atoms with Crippen molar-refractivity contribution < 1.29 is 18.7 Å². The molecule has 1 aliphatic rings. The Morgan fingerprint density at radius 2 is 2.22 bits per heavy atom. The molecular weight excluding hydrogens is 320 g/mol. The van der Waals surface area contributed by atoms with Crippen LogP contribution < -0.4 is 5.32 Å². The van der Waals surface area contributed by atoms with E-state index < -0.39 is 0 Å². The summed E-state index contributed by atoms with van der Waals surface area (Å²) in [5, 5.41) is 10.1. The number of nitrogens with zero attached hydrogens (tertiary/aromatic N) is 3. The van der Waals surface area contributed by atoms with Crippen molar-refractivity contribution in [3.05, 3.63) is 41.4 Å². The van der Waals surface area contributed by atoms with Crippen molar-refractivity contribution in [3.63, 3.8) is 0 Å². The molecule has 0 saturated heterocycles. The van der Waals surface area contributed by atoms with E-state index in [4.69, 9.17) is 13.9 Å². The number of carbonyl (C=O) groups excluding carboxylic acids is 1. The van der Waals surface area contributed by atoms with Crippen molar-refractivity contribution in [2.45, 2.75) is 0 Å². The zero-order valence-corrected chi connectivity index (χ0v) is 12.5. The molecule has 1 amide bonds. The third kappa shape index (κ3) is 2.73. The molecule has 0 unspecified atom stereocenters. The molecule has 0 bridgehead atoms. The lowest BCUT2D eigenvalue weighted by Crippen LogP contribution is -2.11. The number of amides is 1.